The minimum atomic E-state index is 0.724. The van der Waals surface area contributed by atoms with Gasteiger partial charge in [-0.25, -0.2) is 0 Å². The molecule has 1 unspecified atom stereocenters. The smallest absolute Gasteiger partial charge is 0.0191 e. The molecule has 74 valence electrons. The van der Waals surface area contributed by atoms with Crippen LogP contribution in [0.25, 0.3) is 0 Å². The summed E-state index contributed by atoms with van der Waals surface area (Å²) >= 11 is 0. The van der Waals surface area contributed by atoms with E-state index >= 15 is 0 Å². The summed E-state index contributed by atoms with van der Waals surface area (Å²) in [6, 6.07) is 0. The normalized spacial score (nSPS) is 26.7. The lowest BCUT2D eigenvalue weighted by atomic mass is 9.84. The van der Waals surface area contributed by atoms with Gasteiger partial charge in [0, 0.05) is 0 Å². The molecule has 2 aliphatic rings. The lowest BCUT2D eigenvalue weighted by Crippen LogP contribution is -2.05. The summed E-state index contributed by atoms with van der Waals surface area (Å²) in [6.07, 6.45) is 15.0. The van der Waals surface area contributed by atoms with Gasteiger partial charge in [0.2, 0.25) is 0 Å². The van der Waals surface area contributed by atoms with Crippen molar-refractivity contribution in [1.82, 2.24) is 0 Å². The number of hydrogen-bond donors (Lipinski definition) is 0. The lowest BCUT2D eigenvalue weighted by molar-refractivity contribution is 0.661. The van der Waals surface area contributed by atoms with Crippen molar-refractivity contribution in [3.05, 3.63) is 47.1 Å². The molecular weight excluding hydrogens is 168 g/mol. The Kier molecular flexibility index (Phi) is 2.72. The van der Waals surface area contributed by atoms with Crippen LogP contribution in [-0.2, 0) is 0 Å². The minimum absolute atomic E-state index is 0.724. The standard InChI is InChI=1S/C14H18/c1-11-8-9-14(10-12(11)2)13-6-4-3-5-7-13/h3-4,6,8-9,12H,5,7,10H2,1-2H3. The maximum absolute atomic E-state index is 2.32. The molecule has 0 amide bonds. The van der Waals surface area contributed by atoms with Crippen LogP contribution in [0.3, 0.4) is 0 Å². The molecule has 0 aliphatic heterocycles. The van der Waals surface area contributed by atoms with E-state index in [1.165, 1.54) is 24.8 Å². The number of hydrogen-bond acceptors (Lipinski definition) is 0. The third-order valence-electron chi connectivity index (χ3n) is 3.28. The Hall–Kier alpha value is -1.04. The second kappa shape index (κ2) is 4.00. The van der Waals surface area contributed by atoms with Crippen LogP contribution >= 0.6 is 0 Å². The van der Waals surface area contributed by atoms with Crippen LogP contribution in [0.15, 0.2) is 47.1 Å². The van der Waals surface area contributed by atoms with Crippen LogP contribution in [0.5, 0.6) is 0 Å². The molecule has 0 aromatic heterocycles. The zero-order chi connectivity index (χ0) is 9.97. The molecule has 0 N–H and O–H groups in total. The van der Waals surface area contributed by atoms with Crippen molar-refractivity contribution in [2.45, 2.75) is 33.1 Å². The van der Waals surface area contributed by atoms with E-state index in [-0.39, 0.29) is 0 Å². The van der Waals surface area contributed by atoms with Crippen molar-refractivity contribution in [2.75, 3.05) is 0 Å². The largest absolute Gasteiger partial charge is 0.0842 e. The SMILES string of the molecule is CC1=CC=C(C2=CC=CCC2)CC1C. The maximum atomic E-state index is 2.32. The Morgan fingerprint density at radius 2 is 2.00 bits per heavy atom. The fourth-order valence-electron chi connectivity index (χ4n) is 2.06. The first-order chi connectivity index (χ1) is 6.77. The molecule has 0 heteroatoms. The van der Waals surface area contributed by atoms with Crippen molar-refractivity contribution in [3.8, 4) is 0 Å². The van der Waals surface area contributed by atoms with Crippen molar-refractivity contribution in [3.63, 3.8) is 0 Å². The molecule has 0 nitrogen and oxygen atoms in total. The molecule has 0 aromatic carbocycles. The highest BCUT2D eigenvalue weighted by molar-refractivity contribution is 5.41. The zero-order valence-corrected chi connectivity index (χ0v) is 9.09. The quantitative estimate of drug-likeness (QED) is 0.576. The highest BCUT2D eigenvalue weighted by atomic mass is 14.2. The minimum Gasteiger partial charge on any atom is -0.0842 e. The molecule has 0 radical (unpaired) electrons. The van der Waals surface area contributed by atoms with E-state index in [1.807, 2.05) is 0 Å². The Bertz CT molecular complexity index is 337. The summed E-state index contributed by atoms with van der Waals surface area (Å²) in [7, 11) is 0. The van der Waals surface area contributed by atoms with E-state index in [0.29, 0.717) is 0 Å². The molecule has 0 saturated heterocycles. The van der Waals surface area contributed by atoms with Crippen molar-refractivity contribution < 1.29 is 0 Å². The van der Waals surface area contributed by atoms with Crippen molar-refractivity contribution in [1.29, 1.82) is 0 Å². The first-order valence-electron chi connectivity index (χ1n) is 5.51. The molecule has 0 spiro atoms. The van der Waals surface area contributed by atoms with Crippen LogP contribution in [-0.4, -0.2) is 0 Å². The van der Waals surface area contributed by atoms with Crippen LogP contribution in [0.2, 0.25) is 0 Å². The average Bonchev–Trinajstić information content (AvgIpc) is 2.23. The summed E-state index contributed by atoms with van der Waals surface area (Å²) in [5.74, 6) is 0.724. The Morgan fingerprint density at radius 3 is 2.64 bits per heavy atom. The van der Waals surface area contributed by atoms with Gasteiger partial charge in [0.25, 0.3) is 0 Å². The maximum Gasteiger partial charge on any atom is -0.0191 e. The van der Waals surface area contributed by atoms with Gasteiger partial charge in [0.15, 0.2) is 0 Å². The Morgan fingerprint density at radius 1 is 1.14 bits per heavy atom. The molecule has 2 rings (SSSR count). The molecule has 14 heavy (non-hydrogen) atoms. The van der Waals surface area contributed by atoms with Gasteiger partial charge in [-0.1, -0.05) is 42.9 Å². The molecule has 0 heterocycles. The van der Waals surface area contributed by atoms with Gasteiger partial charge < -0.3 is 0 Å². The van der Waals surface area contributed by atoms with Gasteiger partial charge in [0.1, 0.15) is 0 Å². The third-order valence-corrected chi connectivity index (χ3v) is 3.28. The van der Waals surface area contributed by atoms with E-state index in [4.69, 9.17) is 0 Å². The summed E-state index contributed by atoms with van der Waals surface area (Å²) in [6.45, 7) is 4.55. The second-order valence-corrected chi connectivity index (χ2v) is 4.37. The third kappa shape index (κ3) is 1.89. The monoisotopic (exact) mass is 186 g/mol. The molecule has 0 fully saturated rings. The van der Waals surface area contributed by atoms with Gasteiger partial charge in [-0.05, 0) is 43.3 Å². The Labute approximate surface area is 86.7 Å². The summed E-state index contributed by atoms with van der Waals surface area (Å²) in [5, 5.41) is 0. The highest BCUT2D eigenvalue weighted by Gasteiger charge is 2.14. The lowest BCUT2D eigenvalue weighted by Gasteiger charge is -2.21. The van der Waals surface area contributed by atoms with E-state index in [1.54, 1.807) is 11.1 Å². The molecule has 1 atom stereocenters. The average molecular weight is 186 g/mol. The molecular formula is C14H18. The molecule has 0 bridgehead atoms. The predicted octanol–water partition coefficient (Wildman–Crippen LogP) is 4.18. The number of rotatable bonds is 1. The van der Waals surface area contributed by atoms with Crippen LogP contribution < -0.4 is 0 Å². The fraction of sp³-hybridized carbons (Fsp3) is 0.429. The predicted molar refractivity (Wildman–Crippen MR) is 62.1 cm³/mol. The summed E-state index contributed by atoms with van der Waals surface area (Å²) < 4.78 is 0. The molecule has 0 saturated carbocycles. The highest BCUT2D eigenvalue weighted by Crippen LogP contribution is 2.31. The van der Waals surface area contributed by atoms with E-state index in [2.05, 4.69) is 44.2 Å². The summed E-state index contributed by atoms with van der Waals surface area (Å²) in [5.41, 5.74) is 4.61. The van der Waals surface area contributed by atoms with Gasteiger partial charge in [-0.2, -0.15) is 0 Å². The zero-order valence-electron chi connectivity index (χ0n) is 9.09. The van der Waals surface area contributed by atoms with E-state index in [9.17, 15) is 0 Å². The van der Waals surface area contributed by atoms with E-state index < -0.39 is 0 Å². The molecule has 2 aliphatic carbocycles. The van der Waals surface area contributed by atoms with Gasteiger partial charge >= 0.3 is 0 Å². The van der Waals surface area contributed by atoms with Gasteiger partial charge in [-0.15, -0.1) is 0 Å². The van der Waals surface area contributed by atoms with Crippen LogP contribution in [0, 0.1) is 5.92 Å². The van der Waals surface area contributed by atoms with Gasteiger partial charge in [-0.3, -0.25) is 0 Å². The Balaban J connectivity index is 2.20. The van der Waals surface area contributed by atoms with Crippen molar-refractivity contribution in [2.24, 2.45) is 5.92 Å². The fourth-order valence-corrected chi connectivity index (χ4v) is 2.06. The second-order valence-electron chi connectivity index (χ2n) is 4.37. The van der Waals surface area contributed by atoms with Gasteiger partial charge in [0.05, 0.1) is 0 Å². The van der Waals surface area contributed by atoms with E-state index in [0.717, 1.165) is 5.92 Å². The number of allylic oxidation sites excluding steroid dienone is 8. The van der Waals surface area contributed by atoms with Crippen molar-refractivity contribution >= 4 is 0 Å². The first kappa shape index (κ1) is 9.51. The topological polar surface area (TPSA) is 0 Å². The van der Waals surface area contributed by atoms with Crippen LogP contribution in [0.1, 0.15) is 33.1 Å². The first-order valence-corrected chi connectivity index (χ1v) is 5.51. The molecule has 0 aromatic rings. The summed E-state index contributed by atoms with van der Waals surface area (Å²) in [4.78, 5) is 0. The van der Waals surface area contributed by atoms with Crippen LogP contribution in [0.4, 0.5) is 0 Å².